The number of aryl methyl sites for hydroxylation is 1. The van der Waals surface area contributed by atoms with Crippen LogP contribution in [0.3, 0.4) is 0 Å². The maximum atomic E-state index is 12.7. The first-order valence-electron chi connectivity index (χ1n) is 14.3. The van der Waals surface area contributed by atoms with E-state index in [0.717, 1.165) is 17.7 Å². The fourth-order valence-electron chi connectivity index (χ4n) is 3.82. The Kier molecular flexibility index (Phi) is 13.7. The van der Waals surface area contributed by atoms with Crippen LogP contribution < -0.4 is 9.47 Å². The normalized spacial score (nSPS) is 10.3. The SMILES string of the molecule is C=CC(=O)OCCOC(=O)CCC(=O)Oc1ccc(OC(=O)CCC(=O)OCCOC(=O)C=C)c2nc(-c3ccccc3)c(C)nc12. The highest BCUT2D eigenvalue weighted by molar-refractivity contribution is 5.93. The molecule has 0 saturated heterocycles. The van der Waals surface area contributed by atoms with Gasteiger partial charge in [-0.1, -0.05) is 43.5 Å². The van der Waals surface area contributed by atoms with Crippen LogP contribution in [0.25, 0.3) is 22.3 Å². The Labute approximate surface area is 269 Å². The molecule has 0 bridgehead atoms. The van der Waals surface area contributed by atoms with Crippen molar-refractivity contribution in [2.45, 2.75) is 32.6 Å². The summed E-state index contributed by atoms with van der Waals surface area (Å²) in [5, 5.41) is 0. The molecule has 14 nitrogen and oxygen atoms in total. The highest BCUT2D eigenvalue weighted by Gasteiger charge is 2.20. The van der Waals surface area contributed by atoms with E-state index < -0.39 is 35.8 Å². The van der Waals surface area contributed by atoms with Crippen LogP contribution >= 0.6 is 0 Å². The van der Waals surface area contributed by atoms with Gasteiger partial charge in [0.2, 0.25) is 0 Å². The quantitative estimate of drug-likeness (QED) is 0.0681. The molecule has 0 spiro atoms. The van der Waals surface area contributed by atoms with Crippen molar-refractivity contribution >= 4 is 46.8 Å². The van der Waals surface area contributed by atoms with Crippen molar-refractivity contribution in [3.63, 3.8) is 0 Å². The van der Waals surface area contributed by atoms with Crippen molar-refractivity contribution in [3.05, 3.63) is 73.5 Å². The predicted octanol–water partition coefficient (Wildman–Crippen LogP) is 3.52. The van der Waals surface area contributed by atoms with Gasteiger partial charge in [-0.05, 0) is 19.1 Å². The number of fused-ring (bicyclic) bond motifs is 1. The zero-order chi connectivity index (χ0) is 34.2. The third-order valence-electron chi connectivity index (χ3n) is 6.00. The molecule has 0 fully saturated rings. The minimum absolute atomic E-state index is 0.0000764. The summed E-state index contributed by atoms with van der Waals surface area (Å²) in [6.07, 6.45) is 0.689. The molecule has 1 aromatic heterocycles. The molecular formula is C33H32N2O12. The molecule has 0 aliphatic heterocycles. The van der Waals surface area contributed by atoms with Gasteiger partial charge in [-0.15, -0.1) is 0 Å². The van der Waals surface area contributed by atoms with Crippen LogP contribution in [0.5, 0.6) is 11.5 Å². The summed E-state index contributed by atoms with van der Waals surface area (Å²) in [6, 6.07) is 11.9. The lowest BCUT2D eigenvalue weighted by atomic mass is 10.1. The van der Waals surface area contributed by atoms with Crippen molar-refractivity contribution < 1.29 is 57.2 Å². The Balaban J connectivity index is 1.71. The van der Waals surface area contributed by atoms with Crippen LogP contribution in [-0.4, -0.2) is 72.2 Å². The smallest absolute Gasteiger partial charge is 0.330 e. The van der Waals surface area contributed by atoms with Crippen molar-refractivity contribution in [1.29, 1.82) is 0 Å². The Morgan fingerprint density at radius 1 is 0.596 bits per heavy atom. The van der Waals surface area contributed by atoms with Crippen LogP contribution in [-0.2, 0) is 47.7 Å². The van der Waals surface area contributed by atoms with Crippen molar-refractivity contribution in [2.75, 3.05) is 26.4 Å². The number of benzene rings is 2. The molecule has 2 aromatic carbocycles. The molecule has 0 saturated carbocycles. The number of hydrogen-bond donors (Lipinski definition) is 0. The molecule has 0 radical (unpaired) electrons. The van der Waals surface area contributed by atoms with Crippen molar-refractivity contribution in [1.82, 2.24) is 9.97 Å². The van der Waals surface area contributed by atoms with Crippen LogP contribution in [0, 0.1) is 6.92 Å². The zero-order valence-corrected chi connectivity index (χ0v) is 25.6. The topological polar surface area (TPSA) is 184 Å². The van der Waals surface area contributed by atoms with Crippen LogP contribution in [0.2, 0.25) is 0 Å². The van der Waals surface area contributed by atoms with Crippen molar-refractivity contribution in [2.24, 2.45) is 0 Å². The van der Waals surface area contributed by atoms with Gasteiger partial charge in [0.15, 0.2) is 11.5 Å². The second-order valence-electron chi connectivity index (χ2n) is 9.42. The van der Waals surface area contributed by atoms with Crippen LogP contribution in [0.15, 0.2) is 67.8 Å². The highest BCUT2D eigenvalue weighted by atomic mass is 16.6. The van der Waals surface area contributed by atoms with Gasteiger partial charge in [0.05, 0.1) is 37.1 Å². The number of esters is 6. The number of aromatic nitrogens is 2. The molecule has 3 rings (SSSR count). The lowest BCUT2D eigenvalue weighted by Gasteiger charge is -2.13. The van der Waals surface area contributed by atoms with Gasteiger partial charge in [-0.25, -0.2) is 19.6 Å². The first-order valence-corrected chi connectivity index (χ1v) is 14.3. The summed E-state index contributed by atoms with van der Waals surface area (Å²) in [4.78, 5) is 80.6. The lowest BCUT2D eigenvalue weighted by molar-refractivity contribution is -0.151. The third kappa shape index (κ3) is 11.5. The zero-order valence-electron chi connectivity index (χ0n) is 25.6. The van der Waals surface area contributed by atoms with Gasteiger partial charge in [-0.2, -0.15) is 0 Å². The molecule has 1 heterocycles. The minimum Gasteiger partial charge on any atom is -0.462 e. The Morgan fingerprint density at radius 2 is 1.02 bits per heavy atom. The molecule has 14 heteroatoms. The second kappa shape index (κ2) is 18.1. The third-order valence-corrected chi connectivity index (χ3v) is 6.00. The van der Waals surface area contributed by atoms with E-state index in [1.54, 1.807) is 6.92 Å². The first-order chi connectivity index (χ1) is 22.6. The maximum absolute atomic E-state index is 12.7. The van der Waals surface area contributed by atoms with Gasteiger partial charge in [0.25, 0.3) is 0 Å². The van der Waals surface area contributed by atoms with Gasteiger partial charge >= 0.3 is 35.8 Å². The molecule has 47 heavy (non-hydrogen) atoms. The fourth-order valence-corrected chi connectivity index (χ4v) is 3.82. The molecular weight excluding hydrogens is 616 g/mol. The van der Waals surface area contributed by atoms with Crippen molar-refractivity contribution in [3.8, 4) is 22.8 Å². The summed E-state index contributed by atoms with van der Waals surface area (Å²) >= 11 is 0. The summed E-state index contributed by atoms with van der Waals surface area (Å²) in [6.45, 7) is 7.52. The van der Waals surface area contributed by atoms with E-state index in [9.17, 15) is 28.8 Å². The largest absolute Gasteiger partial charge is 0.462 e. The van der Waals surface area contributed by atoms with E-state index in [2.05, 4.69) is 23.1 Å². The standard InChI is InChI=1S/C33H32N2O12/c1-4-25(36)42-17-19-44-27(38)13-15-29(40)46-23-11-12-24(47-30(41)16-14-28(39)45-20-18-43-26(37)5-2)33-32(23)34-21(3)31(35-33)22-9-7-6-8-10-22/h4-12H,1-2,13-20H2,3H3. The molecule has 0 aliphatic rings. The molecule has 0 unspecified atom stereocenters. The van der Waals surface area contributed by atoms with E-state index in [1.807, 2.05) is 30.3 Å². The van der Waals surface area contributed by atoms with Crippen LogP contribution in [0.1, 0.15) is 31.4 Å². The van der Waals surface area contributed by atoms with E-state index in [0.29, 0.717) is 11.4 Å². The number of carbonyl (C=O) groups is 6. The average Bonchev–Trinajstić information content (AvgIpc) is 3.07. The van der Waals surface area contributed by atoms with E-state index in [1.165, 1.54) is 12.1 Å². The number of hydrogen-bond acceptors (Lipinski definition) is 14. The second-order valence-corrected chi connectivity index (χ2v) is 9.42. The van der Waals surface area contributed by atoms with Gasteiger partial charge < -0.3 is 28.4 Å². The number of rotatable bonds is 17. The molecule has 246 valence electrons. The Morgan fingerprint density at radius 3 is 1.49 bits per heavy atom. The van der Waals surface area contributed by atoms with Crippen LogP contribution in [0.4, 0.5) is 0 Å². The summed E-state index contributed by atoms with van der Waals surface area (Å²) in [7, 11) is 0. The predicted molar refractivity (Wildman–Crippen MR) is 164 cm³/mol. The van der Waals surface area contributed by atoms with Gasteiger partial charge in [0.1, 0.15) is 37.5 Å². The number of nitrogens with zero attached hydrogens (tertiary/aromatic N) is 2. The minimum atomic E-state index is -0.771. The Bertz CT molecular complexity index is 1650. The molecule has 0 atom stereocenters. The lowest BCUT2D eigenvalue weighted by Crippen LogP contribution is -2.16. The van der Waals surface area contributed by atoms with E-state index in [-0.39, 0.29) is 74.6 Å². The average molecular weight is 649 g/mol. The number of ether oxygens (including phenoxy) is 6. The summed E-state index contributed by atoms with van der Waals surface area (Å²) in [5.74, 6) is -4.26. The highest BCUT2D eigenvalue weighted by Crippen LogP contribution is 2.34. The molecule has 3 aromatic rings. The fraction of sp³-hybridized carbons (Fsp3) is 0.273. The Hall–Kier alpha value is -5.92. The van der Waals surface area contributed by atoms with E-state index in [4.69, 9.17) is 28.4 Å². The monoisotopic (exact) mass is 648 g/mol. The first kappa shape index (κ1) is 35.6. The molecule has 0 amide bonds. The summed E-state index contributed by atoms with van der Waals surface area (Å²) < 4.78 is 30.3. The summed E-state index contributed by atoms with van der Waals surface area (Å²) in [5.41, 5.74) is 1.93. The van der Waals surface area contributed by atoms with Gasteiger partial charge in [0, 0.05) is 17.7 Å². The van der Waals surface area contributed by atoms with Gasteiger partial charge in [-0.3, -0.25) is 19.2 Å². The van der Waals surface area contributed by atoms with E-state index >= 15 is 0 Å². The number of carbonyl (C=O) groups excluding carboxylic acids is 6. The molecule has 0 aliphatic carbocycles. The maximum Gasteiger partial charge on any atom is 0.330 e. The molecule has 0 N–H and O–H groups in total.